The lowest BCUT2D eigenvalue weighted by Crippen LogP contribution is -2.32. The second-order valence-electron chi connectivity index (χ2n) is 3.99. The zero-order valence-electron chi connectivity index (χ0n) is 10.5. The third-order valence-electron chi connectivity index (χ3n) is 2.31. The van der Waals surface area contributed by atoms with E-state index in [1.165, 1.54) is 0 Å². The Morgan fingerprint density at radius 1 is 1.42 bits per heavy atom. The molecule has 0 saturated carbocycles. The topological polar surface area (TPSA) is 34.2 Å². The summed E-state index contributed by atoms with van der Waals surface area (Å²) >= 11 is 0. The molecular weight excluding hydrogens is 264 g/mol. The molecule has 0 fully saturated rings. The second kappa shape index (κ2) is 7.28. The molecule has 0 bridgehead atoms. The van der Waals surface area contributed by atoms with Crippen LogP contribution in [0.25, 0.3) is 0 Å². The zero-order valence-corrected chi connectivity index (χ0v) is 10.5. The van der Waals surface area contributed by atoms with Crippen molar-refractivity contribution in [2.24, 2.45) is 0 Å². The summed E-state index contributed by atoms with van der Waals surface area (Å²) in [6, 6.07) is 3.27. The lowest BCUT2D eigenvalue weighted by Gasteiger charge is -2.16. The minimum Gasteiger partial charge on any atom is -0.370 e. The predicted octanol–water partition coefficient (Wildman–Crippen LogP) is 3.32. The number of hydrogen-bond acceptors (Lipinski definition) is 3. The molecule has 0 atom stereocenters. The Morgan fingerprint density at radius 2 is 2.16 bits per heavy atom. The maximum Gasteiger partial charge on any atom is 0.330 e. The Morgan fingerprint density at radius 3 is 2.79 bits per heavy atom. The number of anilines is 1. The number of pyridine rings is 1. The maximum atomic E-state index is 12.6. The van der Waals surface area contributed by atoms with Gasteiger partial charge in [-0.1, -0.05) is 13.0 Å². The number of aromatic nitrogens is 1. The highest BCUT2D eigenvalue weighted by atomic mass is 19.3. The van der Waals surface area contributed by atoms with E-state index in [9.17, 15) is 17.6 Å². The van der Waals surface area contributed by atoms with Crippen molar-refractivity contribution in [3.05, 3.63) is 23.9 Å². The summed E-state index contributed by atoms with van der Waals surface area (Å²) in [5.41, 5.74) is 0.556. The molecule has 0 aliphatic heterocycles. The molecule has 108 valence electrons. The molecule has 1 N–H and O–H groups in total. The Labute approximate surface area is 109 Å². The monoisotopic (exact) mass is 280 g/mol. The van der Waals surface area contributed by atoms with Crippen LogP contribution in [0.15, 0.2) is 18.3 Å². The smallest absolute Gasteiger partial charge is 0.330 e. The van der Waals surface area contributed by atoms with E-state index in [0.29, 0.717) is 17.9 Å². The van der Waals surface area contributed by atoms with Crippen molar-refractivity contribution in [1.29, 1.82) is 0 Å². The molecule has 1 heterocycles. The van der Waals surface area contributed by atoms with Crippen molar-refractivity contribution in [3.8, 4) is 0 Å². The van der Waals surface area contributed by atoms with E-state index in [2.05, 4.69) is 15.0 Å². The van der Waals surface area contributed by atoms with Gasteiger partial charge in [0.05, 0.1) is 6.61 Å². The molecule has 0 unspecified atom stereocenters. The minimum absolute atomic E-state index is 0.192. The van der Waals surface area contributed by atoms with Crippen LogP contribution < -0.4 is 5.32 Å². The van der Waals surface area contributed by atoms with Gasteiger partial charge < -0.3 is 10.1 Å². The second-order valence-corrected chi connectivity index (χ2v) is 3.99. The largest absolute Gasteiger partial charge is 0.370 e. The number of halogens is 4. The van der Waals surface area contributed by atoms with Crippen molar-refractivity contribution in [2.45, 2.75) is 32.3 Å². The zero-order chi connectivity index (χ0) is 14.3. The third kappa shape index (κ3) is 5.02. The van der Waals surface area contributed by atoms with Gasteiger partial charge in [-0.15, -0.1) is 0 Å². The standard InChI is InChI=1S/C12H16F4N2O/c1-2-5-17-10-9(4-3-6-18-10)7-19-8-12(15,16)11(13)14/h3-4,6,11H,2,5,7-8H2,1H3,(H,17,18). The van der Waals surface area contributed by atoms with Gasteiger partial charge in [0.15, 0.2) is 0 Å². The van der Waals surface area contributed by atoms with Crippen molar-refractivity contribution in [2.75, 3.05) is 18.5 Å². The average Bonchev–Trinajstić information content (AvgIpc) is 2.37. The molecule has 0 radical (unpaired) electrons. The van der Waals surface area contributed by atoms with Crippen molar-refractivity contribution in [1.82, 2.24) is 4.98 Å². The highest BCUT2D eigenvalue weighted by Gasteiger charge is 2.40. The molecule has 0 saturated heterocycles. The van der Waals surface area contributed by atoms with Crippen LogP contribution in [0.4, 0.5) is 23.4 Å². The van der Waals surface area contributed by atoms with Gasteiger partial charge in [-0.3, -0.25) is 0 Å². The molecule has 0 spiro atoms. The van der Waals surface area contributed by atoms with Gasteiger partial charge in [-0.25, -0.2) is 13.8 Å². The van der Waals surface area contributed by atoms with E-state index < -0.39 is 19.0 Å². The Balaban J connectivity index is 2.53. The predicted molar refractivity (Wildman–Crippen MR) is 63.6 cm³/mol. The van der Waals surface area contributed by atoms with E-state index in [0.717, 1.165) is 6.42 Å². The number of nitrogens with one attached hydrogen (secondary N) is 1. The summed E-state index contributed by atoms with van der Waals surface area (Å²) in [7, 11) is 0. The van der Waals surface area contributed by atoms with Crippen LogP contribution in [0.3, 0.4) is 0 Å². The van der Waals surface area contributed by atoms with Crippen LogP contribution in [0, 0.1) is 0 Å². The van der Waals surface area contributed by atoms with Crippen LogP contribution in [0.1, 0.15) is 18.9 Å². The first-order valence-corrected chi connectivity index (χ1v) is 5.89. The lowest BCUT2D eigenvalue weighted by molar-refractivity contribution is -0.168. The first-order valence-electron chi connectivity index (χ1n) is 5.89. The third-order valence-corrected chi connectivity index (χ3v) is 2.31. The summed E-state index contributed by atoms with van der Waals surface area (Å²) < 4.78 is 53.8. The molecule has 1 aromatic heterocycles. The number of ether oxygens (including phenoxy) is 1. The molecule has 1 aromatic rings. The van der Waals surface area contributed by atoms with Gasteiger partial charge in [0.2, 0.25) is 0 Å². The molecule has 1 rings (SSSR count). The highest BCUT2D eigenvalue weighted by molar-refractivity contribution is 5.43. The fraction of sp³-hybridized carbons (Fsp3) is 0.583. The number of hydrogen-bond donors (Lipinski definition) is 1. The van der Waals surface area contributed by atoms with Crippen molar-refractivity contribution >= 4 is 5.82 Å². The van der Waals surface area contributed by atoms with Crippen LogP contribution in [0.5, 0.6) is 0 Å². The summed E-state index contributed by atoms with van der Waals surface area (Å²) in [6.45, 7) is 1.14. The molecule has 19 heavy (non-hydrogen) atoms. The molecular formula is C12H16F4N2O. The molecule has 0 amide bonds. The molecule has 0 aliphatic rings. The Hall–Kier alpha value is -1.37. The van der Waals surface area contributed by atoms with Gasteiger partial charge in [0.1, 0.15) is 12.4 Å². The molecule has 3 nitrogen and oxygen atoms in total. The molecule has 7 heteroatoms. The van der Waals surface area contributed by atoms with E-state index >= 15 is 0 Å². The summed E-state index contributed by atoms with van der Waals surface area (Å²) in [5, 5.41) is 3.01. The Kier molecular flexibility index (Phi) is 6.01. The van der Waals surface area contributed by atoms with Crippen molar-refractivity contribution < 1.29 is 22.3 Å². The van der Waals surface area contributed by atoms with Gasteiger partial charge in [0.25, 0.3) is 0 Å². The first-order chi connectivity index (χ1) is 8.97. The number of rotatable bonds is 8. The summed E-state index contributed by atoms with van der Waals surface area (Å²) in [6.07, 6.45) is -1.30. The van der Waals surface area contributed by atoms with Gasteiger partial charge >= 0.3 is 12.3 Å². The maximum absolute atomic E-state index is 12.6. The van der Waals surface area contributed by atoms with E-state index in [1.807, 2.05) is 6.92 Å². The fourth-order valence-electron chi connectivity index (χ4n) is 1.32. The lowest BCUT2D eigenvalue weighted by atomic mass is 10.2. The van der Waals surface area contributed by atoms with Crippen molar-refractivity contribution in [3.63, 3.8) is 0 Å². The van der Waals surface area contributed by atoms with Crippen LogP contribution in [0.2, 0.25) is 0 Å². The quantitative estimate of drug-likeness (QED) is 0.742. The SMILES string of the molecule is CCCNc1ncccc1COCC(F)(F)C(F)F. The van der Waals surface area contributed by atoms with E-state index in [1.54, 1.807) is 18.3 Å². The first kappa shape index (κ1) is 15.7. The number of alkyl halides is 4. The van der Waals surface area contributed by atoms with E-state index in [-0.39, 0.29) is 6.61 Å². The Bertz CT molecular complexity index is 388. The van der Waals surface area contributed by atoms with Gasteiger partial charge in [-0.2, -0.15) is 8.78 Å². The normalized spacial score (nSPS) is 11.9. The highest BCUT2D eigenvalue weighted by Crippen LogP contribution is 2.23. The number of nitrogens with zero attached hydrogens (tertiary/aromatic N) is 1. The summed E-state index contributed by atoms with van der Waals surface area (Å²) in [4.78, 5) is 4.04. The minimum atomic E-state index is -4.13. The molecule has 0 aromatic carbocycles. The van der Waals surface area contributed by atoms with Crippen LogP contribution in [-0.2, 0) is 11.3 Å². The van der Waals surface area contributed by atoms with E-state index in [4.69, 9.17) is 0 Å². The van der Waals surface area contributed by atoms with Crippen LogP contribution >= 0.6 is 0 Å². The summed E-state index contributed by atoms with van der Waals surface area (Å²) in [5.74, 6) is -3.61. The van der Waals surface area contributed by atoms with Crippen LogP contribution in [-0.4, -0.2) is 30.5 Å². The average molecular weight is 280 g/mol. The molecule has 0 aliphatic carbocycles. The van der Waals surface area contributed by atoms with Gasteiger partial charge in [-0.05, 0) is 12.5 Å². The fourth-order valence-corrected chi connectivity index (χ4v) is 1.32. The van der Waals surface area contributed by atoms with Gasteiger partial charge in [0, 0.05) is 18.3 Å².